The zero-order valence-electron chi connectivity index (χ0n) is 16.1. The first-order chi connectivity index (χ1) is 12.8. The maximum absolute atomic E-state index is 13.3. The van der Waals surface area contributed by atoms with Crippen LogP contribution in [0.5, 0.6) is 5.75 Å². The quantitative estimate of drug-likeness (QED) is 0.358. The lowest BCUT2D eigenvalue weighted by Crippen LogP contribution is -2.53. The fraction of sp³-hybridized carbons (Fsp3) is 0.526. The smallest absolute Gasteiger partial charge is 0.332 e. The van der Waals surface area contributed by atoms with Crippen LogP contribution in [0.15, 0.2) is 27.8 Å². The van der Waals surface area contributed by atoms with Crippen molar-refractivity contribution in [1.82, 2.24) is 9.13 Å². The highest BCUT2D eigenvalue weighted by molar-refractivity contribution is 9.09. The number of aryl methyl sites for hydroxylation is 1. The topological polar surface area (TPSA) is 79.5 Å². The normalized spacial score (nSPS) is 11.6. The maximum Gasteiger partial charge on any atom is 0.332 e. The number of methoxy groups -OCH3 is 1. The highest BCUT2D eigenvalue weighted by Crippen LogP contribution is 2.24. The van der Waals surface area contributed by atoms with Crippen molar-refractivity contribution < 1.29 is 14.3 Å². The zero-order valence-corrected chi connectivity index (χ0v) is 17.7. The lowest BCUT2D eigenvalue weighted by molar-refractivity contribution is -0.152. The van der Waals surface area contributed by atoms with E-state index in [1.165, 1.54) is 25.5 Å². The average Bonchev–Trinajstić information content (AvgIpc) is 2.64. The second-order valence-corrected chi connectivity index (χ2v) is 7.40. The summed E-state index contributed by atoms with van der Waals surface area (Å²) < 4.78 is 13.0. The van der Waals surface area contributed by atoms with E-state index in [0.717, 1.165) is 22.7 Å². The standard InChI is InChI=1S/C19H25BrN2O5/c1-5-27-17(24)19(2,3)22-16(23)13-9-8-10-14(26-4)15(13)21(18(22)25)12-7-6-11-20/h8-10H,5-7,11-12H2,1-4H3. The van der Waals surface area contributed by atoms with E-state index in [9.17, 15) is 14.4 Å². The Balaban J connectivity index is 2.86. The third-order valence-corrected chi connectivity index (χ3v) is 5.00. The Labute approximate surface area is 166 Å². The van der Waals surface area contributed by atoms with Gasteiger partial charge in [-0.1, -0.05) is 22.0 Å². The van der Waals surface area contributed by atoms with Gasteiger partial charge in [-0.05, 0) is 45.7 Å². The van der Waals surface area contributed by atoms with Gasteiger partial charge in [-0.2, -0.15) is 0 Å². The summed E-state index contributed by atoms with van der Waals surface area (Å²) in [7, 11) is 1.50. The number of rotatable bonds is 8. The minimum Gasteiger partial charge on any atom is -0.495 e. The van der Waals surface area contributed by atoms with Gasteiger partial charge in [-0.25, -0.2) is 14.2 Å². The highest BCUT2D eigenvalue weighted by atomic mass is 79.9. The third kappa shape index (κ3) is 3.95. The van der Waals surface area contributed by atoms with Crippen LogP contribution in [0.25, 0.3) is 10.9 Å². The van der Waals surface area contributed by atoms with Gasteiger partial charge in [-0.3, -0.25) is 9.36 Å². The number of esters is 1. The van der Waals surface area contributed by atoms with Crippen molar-refractivity contribution in [2.75, 3.05) is 19.0 Å². The van der Waals surface area contributed by atoms with Crippen molar-refractivity contribution >= 4 is 32.8 Å². The second kappa shape index (κ2) is 8.73. The van der Waals surface area contributed by atoms with Crippen molar-refractivity contribution in [2.45, 2.75) is 45.7 Å². The number of carbonyl (C=O) groups is 1. The van der Waals surface area contributed by atoms with Crippen molar-refractivity contribution in [3.05, 3.63) is 39.0 Å². The molecule has 0 saturated carbocycles. The summed E-state index contributed by atoms with van der Waals surface area (Å²) in [4.78, 5) is 38.8. The van der Waals surface area contributed by atoms with E-state index in [0.29, 0.717) is 23.2 Å². The van der Waals surface area contributed by atoms with Crippen molar-refractivity contribution in [2.24, 2.45) is 0 Å². The van der Waals surface area contributed by atoms with E-state index in [1.807, 2.05) is 0 Å². The van der Waals surface area contributed by atoms with Crippen LogP contribution in [0.2, 0.25) is 0 Å². The molecule has 0 fully saturated rings. The summed E-state index contributed by atoms with van der Waals surface area (Å²) >= 11 is 3.39. The zero-order chi connectivity index (χ0) is 20.2. The van der Waals surface area contributed by atoms with E-state index in [4.69, 9.17) is 9.47 Å². The molecule has 7 nitrogen and oxygen atoms in total. The summed E-state index contributed by atoms with van der Waals surface area (Å²) in [5.41, 5.74) is -2.08. The number of hydrogen-bond donors (Lipinski definition) is 0. The van der Waals surface area contributed by atoms with Gasteiger partial charge in [0.15, 0.2) is 0 Å². The van der Waals surface area contributed by atoms with Crippen LogP contribution in [0.1, 0.15) is 33.6 Å². The Hall–Kier alpha value is -2.09. The van der Waals surface area contributed by atoms with Crippen molar-refractivity contribution in [3.63, 3.8) is 0 Å². The van der Waals surface area contributed by atoms with Crippen LogP contribution < -0.4 is 16.0 Å². The summed E-state index contributed by atoms with van der Waals surface area (Å²) in [6.45, 7) is 5.28. The Morgan fingerprint density at radius 1 is 1.22 bits per heavy atom. The van der Waals surface area contributed by atoms with E-state index in [1.54, 1.807) is 25.1 Å². The lowest BCUT2D eigenvalue weighted by Gasteiger charge is -2.26. The van der Waals surface area contributed by atoms with Crippen LogP contribution in [0.3, 0.4) is 0 Å². The molecule has 0 unspecified atom stereocenters. The van der Waals surface area contributed by atoms with Gasteiger partial charge in [0.25, 0.3) is 5.56 Å². The summed E-state index contributed by atoms with van der Waals surface area (Å²) in [5.74, 6) is -0.180. The monoisotopic (exact) mass is 440 g/mol. The van der Waals surface area contributed by atoms with Crippen LogP contribution in [-0.4, -0.2) is 34.2 Å². The average molecular weight is 441 g/mol. The molecule has 0 radical (unpaired) electrons. The number of aromatic nitrogens is 2. The molecule has 8 heteroatoms. The molecule has 0 spiro atoms. The predicted octanol–water partition coefficient (Wildman–Crippen LogP) is 2.65. The molecular weight excluding hydrogens is 416 g/mol. The fourth-order valence-electron chi connectivity index (χ4n) is 3.03. The molecular formula is C19H25BrN2O5. The first-order valence-electron chi connectivity index (χ1n) is 8.87. The van der Waals surface area contributed by atoms with Gasteiger partial charge in [0, 0.05) is 11.9 Å². The number of fused-ring (bicyclic) bond motifs is 1. The van der Waals surface area contributed by atoms with Gasteiger partial charge in [0.1, 0.15) is 16.8 Å². The molecule has 0 bridgehead atoms. The first kappa shape index (κ1) is 21.2. The van der Waals surface area contributed by atoms with Crippen LogP contribution >= 0.6 is 15.9 Å². The lowest BCUT2D eigenvalue weighted by atomic mass is 10.1. The van der Waals surface area contributed by atoms with E-state index >= 15 is 0 Å². The molecule has 2 rings (SSSR count). The number of hydrogen-bond acceptors (Lipinski definition) is 5. The number of carbonyl (C=O) groups excluding carboxylic acids is 1. The van der Waals surface area contributed by atoms with Crippen LogP contribution in [-0.2, 0) is 21.6 Å². The minimum absolute atomic E-state index is 0.165. The summed E-state index contributed by atoms with van der Waals surface area (Å²) in [5, 5.41) is 1.13. The molecule has 0 atom stereocenters. The van der Waals surface area contributed by atoms with Gasteiger partial charge in [0.05, 0.1) is 19.1 Å². The summed E-state index contributed by atoms with van der Waals surface area (Å²) in [6.07, 6.45) is 1.60. The van der Waals surface area contributed by atoms with Crippen molar-refractivity contribution in [3.8, 4) is 5.75 Å². The van der Waals surface area contributed by atoms with Gasteiger partial charge in [-0.15, -0.1) is 0 Å². The molecule has 0 amide bonds. The molecule has 148 valence electrons. The Morgan fingerprint density at radius 2 is 1.93 bits per heavy atom. The molecule has 0 aliphatic rings. The summed E-state index contributed by atoms with van der Waals surface area (Å²) in [6, 6.07) is 5.04. The third-order valence-electron chi connectivity index (χ3n) is 4.44. The number of nitrogens with zero attached hydrogens (tertiary/aromatic N) is 2. The van der Waals surface area contributed by atoms with Crippen LogP contribution in [0.4, 0.5) is 0 Å². The number of unbranched alkanes of at least 4 members (excludes halogenated alkanes) is 1. The Kier molecular flexibility index (Phi) is 6.86. The van der Waals surface area contributed by atoms with Gasteiger partial charge >= 0.3 is 11.7 Å². The van der Waals surface area contributed by atoms with E-state index in [-0.39, 0.29) is 6.61 Å². The molecule has 2 aromatic rings. The molecule has 1 aromatic carbocycles. The van der Waals surface area contributed by atoms with Gasteiger partial charge < -0.3 is 9.47 Å². The SMILES string of the molecule is CCOC(=O)C(C)(C)n1c(=O)c2cccc(OC)c2n(CCCCBr)c1=O. The number of halogens is 1. The molecule has 0 N–H and O–H groups in total. The molecule has 27 heavy (non-hydrogen) atoms. The largest absolute Gasteiger partial charge is 0.495 e. The molecule has 0 saturated heterocycles. The second-order valence-electron chi connectivity index (χ2n) is 6.61. The predicted molar refractivity (Wildman–Crippen MR) is 108 cm³/mol. The highest BCUT2D eigenvalue weighted by Gasteiger charge is 2.36. The molecule has 0 aliphatic heterocycles. The number of alkyl halides is 1. The van der Waals surface area contributed by atoms with Gasteiger partial charge in [0.2, 0.25) is 0 Å². The Morgan fingerprint density at radius 3 is 2.52 bits per heavy atom. The number of ether oxygens (including phenoxy) is 2. The molecule has 1 aromatic heterocycles. The van der Waals surface area contributed by atoms with E-state index < -0.39 is 22.8 Å². The Bertz CT molecular complexity index is 945. The minimum atomic E-state index is -1.43. The molecule has 1 heterocycles. The first-order valence-corrected chi connectivity index (χ1v) is 9.99. The number of para-hydroxylation sites is 1. The molecule has 0 aliphatic carbocycles. The maximum atomic E-state index is 13.3. The number of benzene rings is 1. The van der Waals surface area contributed by atoms with Crippen LogP contribution in [0, 0.1) is 0 Å². The van der Waals surface area contributed by atoms with E-state index in [2.05, 4.69) is 15.9 Å². The van der Waals surface area contributed by atoms with Crippen molar-refractivity contribution in [1.29, 1.82) is 0 Å². The fourth-order valence-corrected chi connectivity index (χ4v) is 3.42.